The molecule has 0 unspecified atom stereocenters. The number of nitrogens with zero attached hydrogens (tertiary/aromatic N) is 6. The van der Waals surface area contributed by atoms with Crippen molar-refractivity contribution in [1.82, 2.24) is 19.9 Å². The fourth-order valence-corrected chi connectivity index (χ4v) is 5.37. The highest BCUT2D eigenvalue weighted by Crippen LogP contribution is 2.36. The average Bonchev–Trinajstić information content (AvgIpc) is 3.31. The molecule has 1 saturated heterocycles. The Kier molecular flexibility index (Phi) is 7.30. The van der Waals surface area contributed by atoms with Crippen molar-refractivity contribution in [2.45, 2.75) is 33.6 Å². The minimum absolute atomic E-state index is 0.154. The van der Waals surface area contributed by atoms with E-state index in [1.807, 2.05) is 24.8 Å². The van der Waals surface area contributed by atoms with Gasteiger partial charge in [0, 0.05) is 51.2 Å². The molecular formula is C25H31N7O4S. The first kappa shape index (κ1) is 26.3. The lowest BCUT2D eigenvalue weighted by Gasteiger charge is -2.36. The number of primary amides is 1. The summed E-state index contributed by atoms with van der Waals surface area (Å²) in [6.45, 7) is 7.49. The van der Waals surface area contributed by atoms with Crippen molar-refractivity contribution in [3.63, 3.8) is 0 Å². The smallest absolute Gasteiger partial charge is 0.321 e. The van der Waals surface area contributed by atoms with Crippen molar-refractivity contribution in [2.75, 3.05) is 43.0 Å². The Morgan fingerprint density at radius 2 is 1.76 bits per heavy atom. The number of urea groups is 1. The predicted octanol–water partition coefficient (Wildman–Crippen LogP) is 3.44. The monoisotopic (exact) mass is 525 g/mol. The maximum Gasteiger partial charge on any atom is 0.321 e. The summed E-state index contributed by atoms with van der Waals surface area (Å²) < 4.78 is 0.677. The van der Waals surface area contributed by atoms with Crippen LogP contribution in [0.25, 0.3) is 21.3 Å². The molecule has 1 fully saturated rings. The Hall–Kier alpha value is -3.80. The fourth-order valence-electron chi connectivity index (χ4n) is 4.24. The minimum atomic E-state index is -0.777. The summed E-state index contributed by atoms with van der Waals surface area (Å²) in [5.74, 6) is -0.393. The summed E-state index contributed by atoms with van der Waals surface area (Å²) in [5.41, 5.74) is 7.29. The molecule has 4 rings (SSSR count). The first-order chi connectivity index (χ1) is 17.6. The molecule has 1 aromatic carbocycles. The van der Waals surface area contributed by atoms with Crippen molar-refractivity contribution in [3.05, 3.63) is 30.1 Å². The van der Waals surface area contributed by atoms with Crippen LogP contribution in [0, 0.1) is 5.41 Å². The van der Waals surface area contributed by atoms with E-state index in [9.17, 15) is 19.5 Å². The number of carbonyl (C=O) groups excluding carboxylic acids is 2. The number of piperidine rings is 1. The SMILES string of the molecule is CCN(C)C(=O)c1cc(-c2cnc(N3CCC(C)(C(=O)O)CC3)nc2)cc2nc(N(CC)C(N)=O)sc12. The van der Waals surface area contributed by atoms with Crippen LogP contribution in [0.4, 0.5) is 15.9 Å². The summed E-state index contributed by atoms with van der Waals surface area (Å²) >= 11 is 1.25. The molecule has 0 saturated carbocycles. The second-order valence-corrected chi connectivity index (χ2v) is 10.4. The van der Waals surface area contributed by atoms with Gasteiger partial charge in [-0.1, -0.05) is 11.3 Å². The van der Waals surface area contributed by atoms with E-state index in [0.717, 1.165) is 5.56 Å². The molecule has 11 nitrogen and oxygen atoms in total. The van der Waals surface area contributed by atoms with Gasteiger partial charge in [0.05, 0.1) is 21.2 Å². The minimum Gasteiger partial charge on any atom is -0.481 e. The molecule has 3 N–H and O–H groups in total. The zero-order valence-electron chi connectivity index (χ0n) is 21.4. The number of hydrogen-bond acceptors (Lipinski definition) is 8. The molecule has 0 bridgehead atoms. The number of carbonyl (C=O) groups is 3. The number of nitrogens with two attached hydrogens (primary N) is 1. The summed E-state index contributed by atoms with van der Waals surface area (Å²) in [5, 5.41) is 9.90. The molecule has 37 heavy (non-hydrogen) atoms. The van der Waals surface area contributed by atoms with Crippen molar-refractivity contribution in [2.24, 2.45) is 11.1 Å². The molecule has 0 spiro atoms. The van der Waals surface area contributed by atoms with Gasteiger partial charge in [-0.25, -0.2) is 19.7 Å². The van der Waals surface area contributed by atoms with Gasteiger partial charge in [0.15, 0.2) is 5.13 Å². The third-order valence-electron chi connectivity index (χ3n) is 6.98. The Bertz CT molecular complexity index is 1330. The number of thiazole rings is 1. The predicted molar refractivity (Wildman–Crippen MR) is 143 cm³/mol. The summed E-state index contributed by atoms with van der Waals surface area (Å²) in [4.78, 5) is 55.3. The number of benzene rings is 1. The Morgan fingerprint density at radius 1 is 1.11 bits per heavy atom. The van der Waals surface area contributed by atoms with E-state index in [4.69, 9.17) is 5.73 Å². The van der Waals surface area contributed by atoms with E-state index in [-0.39, 0.29) is 5.91 Å². The molecule has 2 aromatic heterocycles. The number of aromatic nitrogens is 3. The van der Waals surface area contributed by atoms with Gasteiger partial charge in [-0.3, -0.25) is 14.5 Å². The summed E-state index contributed by atoms with van der Waals surface area (Å²) in [6.07, 6.45) is 4.43. The lowest BCUT2D eigenvalue weighted by molar-refractivity contribution is -0.149. The maximum absolute atomic E-state index is 13.2. The van der Waals surface area contributed by atoms with E-state index in [2.05, 4.69) is 15.0 Å². The van der Waals surface area contributed by atoms with E-state index in [1.54, 1.807) is 37.3 Å². The van der Waals surface area contributed by atoms with Crippen molar-refractivity contribution >= 4 is 50.5 Å². The van der Waals surface area contributed by atoms with Gasteiger partial charge in [0.2, 0.25) is 5.95 Å². The van der Waals surface area contributed by atoms with Crippen LogP contribution in [-0.4, -0.2) is 76.1 Å². The molecule has 196 valence electrons. The molecule has 3 heterocycles. The highest BCUT2D eigenvalue weighted by Gasteiger charge is 2.37. The first-order valence-corrected chi connectivity index (χ1v) is 13.0. The number of carboxylic acid groups (broad SMARTS) is 1. The van der Waals surface area contributed by atoms with Crippen LogP contribution in [0.15, 0.2) is 24.5 Å². The number of carboxylic acids is 1. The normalized spacial score (nSPS) is 15.0. The van der Waals surface area contributed by atoms with Crippen molar-refractivity contribution < 1.29 is 19.5 Å². The van der Waals surface area contributed by atoms with Gasteiger partial charge in [-0.15, -0.1) is 0 Å². The standard InChI is InChI=1S/C25H31N7O4S/c1-5-30(4)20(33)17-11-15(12-18-19(17)37-24(29-18)32(6-2)22(26)36)16-13-27-23(28-14-16)31-9-7-25(3,8-10-31)21(34)35/h11-14H,5-10H2,1-4H3,(H2,26,36)(H,34,35). The van der Waals surface area contributed by atoms with Crippen molar-refractivity contribution in [1.29, 1.82) is 0 Å². The van der Waals surface area contributed by atoms with Gasteiger partial charge in [0.25, 0.3) is 5.91 Å². The van der Waals surface area contributed by atoms with E-state index in [0.29, 0.717) is 71.4 Å². The largest absolute Gasteiger partial charge is 0.481 e. The second kappa shape index (κ2) is 10.3. The molecular weight excluding hydrogens is 494 g/mol. The van der Waals surface area contributed by atoms with Gasteiger partial charge < -0.3 is 20.6 Å². The highest BCUT2D eigenvalue weighted by atomic mass is 32.1. The van der Waals surface area contributed by atoms with Crippen LogP contribution in [0.3, 0.4) is 0 Å². The Balaban J connectivity index is 1.69. The first-order valence-electron chi connectivity index (χ1n) is 12.2. The van der Waals surface area contributed by atoms with Crippen LogP contribution in [-0.2, 0) is 4.79 Å². The topological polar surface area (TPSA) is 146 Å². The van der Waals surface area contributed by atoms with E-state index < -0.39 is 17.4 Å². The fraction of sp³-hybridized carbons (Fsp3) is 0.440. The van der Waals surface area contributed by atoms with E-state index in [1.165, 1.54) is 16.2 Å². The molecule has 0 radical (unpaired) electrons. The zero-order valence-corrected chi connectivity index (χ0v) is 22.2. The highest BCUT2D eigenvalue weighted by molar-refractivity contribution is 7.22. The zero-order chi connectivity index (χ0) is 26.9. The number of anilines is 2. The van der Waals surface area contributed by atoms with Crippen LogP contribution in [0.1, 0.15) is 44.0 Å². The average molecular weight is 526 g/mol. The molecule has 12 heteroatoms. The van der Waals surface area contributed by atoms with Crippen LogP contribution in [0.2, 0.25) is 0 Å². The van der Waals surface area contributed by atoms with Crippen LogP contribution < -0.4 is 15.5 Å². The molecule has 0 atom stereocenters. The van der Waals surface area contributed by atoms with Gasteiger partial charge >= 0.3 is 12.0 Å². The molecule has 1 aliphatic rings. The number of aliphatic carboxylic acids is 1. The summed E-state index contributed by atoms with van der Waals surface area (Å²) in [7, 11) is 1.73. The van der Waals surface area contributed by atoms with E-state index >= 15 is 0 Å². The molecule has 1 aliphatic heterocycles. The third-order valence-corrected chi connectivity index (χ3v) is 8.11. The summed E-state index contributed by atoms with van der Waals surface area (Å²) in [6, 6.07) is 3.05. The number of hydrogen-bond donors (Lipinski definition) is 2. The molecule has 3 aromatic rings. The van der Waals surface area contributed by atoms with Crippen molar-refractivity contribution in [3.8, 4) is 11.1 Å². The molecule has 0 aliphatic carbocycles. The lowest BCUT2D eigenvalue weighted by Crippen LogP contribution is -2.43. The number of rotatable bonds is 7. The maximum atomic E-state index is 13.2. The Labute approximate surface area is 218 Å². The number of amides is 3. The Morgan fingerprint density at radius 3 is 2.30 bits per heavy atom. The molecule has 3 amide bonds. The number of fused-ring (bicyclic) bond motifs is 1. The second-order valence-electron chi connectivity index (χ2n) is 9.39. The van der Waals surface area contributed by atoms with Crippen LogP contribution in [0.5, 0.6) is 0 Å². The third kappa shape index (κ3) is 5.06. The lowest BCUT2D eigenvalue weighted by atomic mass is 9.80. The van der Waals surface area contributed by atoms with Crippen LogP contribution >= 0.6 is 11.3 Å². The quantitative estimate of drug-likeness (QED) is 0.477. The van der Waals surface area contributed by atoms with Gasteiger partial charge in [-0.2, -0.15) is 0 Å². The van der Waals surface area contributed by atoms with Gasteiger partial charge in [0.1, 0.15) is 0 Å². The van der Waals surface area contributed by atoms with Gasteiger partial charge in [-0.05, 0) is 51.3 Å².